The average Bonchev–Trinajstić information content (AvgIpc) is 2.17. The van der Waals surface area contributed by atoms with Crippen molar-refractivity contribution in [2.45, 2.75) is 12.5 Å². The molecule has 2 rings (SSSR count). The van der Waals surface area contributed by atoms with E-state index in [1.807, 2.05) is 6.07 Å². The van der Waals surface area contributed by atoms with Gasteiger partial charge in [0, 0.05) is 0 Å². The van der Waals surface area contributed by atoms with Crippen LogP contribution < -0.4 is 9.47 Å². The third-order valence-corrected chi connectivity index (χ3v) is 2.14. The second-order valence-corrected chi connectivity index (χ2v) is 3.37. The number of aliphatic carboxylic acids is 1. The van der Waals surface area contributed by atoms with E-state index in [9.17, 15) is 4.79 Å². The van der Waals surface area contributed by atoms with E-state index in [1.165, 1.54) is 6.92 Å². The second-order valence-electron chi connectivity index (χ2n) is 3.37. The number of para-hydroxylation sites is 2. The van der Waals surface area contributed by atoms with Crippen LogP contribution in [0.3, 0.4) is 0 Å². The molecule has 5 heteroatoms. The van der Waals surface area contributed by atoms with Gasteiger partial charge >= 0.3 is 5.97 Å². The SMILES string of the molecule is CC1(C(=O)O)COc2ccccc2O1.Cl. The molecule has 1 unspecified atom stereocenters. The molecule has 1 aromatic rings. The van der Waals surface area contributed by atoms with Crippen molar-refractivity contribution in [2.24, 2.45) is 0 Å². The lowest BCUT2D eigenvalue weighted by atomic mass is 10.1. The highest BCUT2D eigenvalue weighted by Gasteiger charge is 2.40. The highest BCUT2D eigenvalue weighted by atomic mass is 35.5. The van der Waals surface area contributed by atoms with Gasteiger partial charge in [-0.1, -0.05) is 12.1 Å². The standard InChI is InChI=1S/C10H10O4.ClH/c1-10(9(11)12)6-13-7-4-2-3-5-8(7)14-10;/h2-5H,6H2,1H3,(H,11,12);1H. The van der Waals surface area contributed by atoms with E-state index < -0.39 is 11.6 Å². The van der Waals surface area contributed by atoms with E-state index in [0.29, 0.717) is 11.5 Å². The van der Waals surface area contributed by atoms with Gasteiger partial charge < -0.3 is 14.6 Å². The van der Waals surface area contributed by atoms with Crippen LogP contribution in [0.1, 0.15) is 6.92 Å². The zero-order valence-electron chi connectivity index (χ0n) is 8.10. The van der Waals surface area contributed by atoms with Crippen LogP contribution in [0.25, 0.3) is 0 Å². The number of fused-ring (bicyclic) bond motifs is 1. The van der Waals surface area contributed by atoms with Gasteiger partial charge in [0.1, 0.15) is 6.61 Å². The van der Waals surface area contributed by atoms with Gasteiger partial charge in [-0.25, -0.2) is 4.79 Å². The molecule has 0 saturated heterocycles. The summed E-state index contributed by atoms with van der Waals surface area (Å²) < 4.78 is 10.7. The Labute approximate surface area is 93.2 Å². The molecule has 1 heterocycles. The third-order valence-electron chi connectivity index (χ3n) is 2.14. The molecular weight excluding hydrogens is 220 g/mol. The number of rotatable bonds is 1. The molecule has 0 spiro atoms. The first kappa shape index (κ1) is 11.7. The third kappa shape index (κ3) is 1.99. The summed E-state index contributed by atoms with van der Waals surface area (Å²) in [7, 11) is 0. The quantitative estimate of drug-likeness (QED) is 0.798. The summed E-state index contributed by atoms with van der Waals surface area (Å²) in [4.78, 5) is 10.9. The van der Waals surface area contributed by atoms with Crippen molar-refractivity contribution < 1.29 is 19.4 Å². The zero-order chi connectivity index (χ0) is 10.2. The molecule has 1 atom stereocenters. The summed E-state index contributed by atoms with van der Waals surface area (Å²) in [6.45, 7) is 1.52. The normalized spacial score (nSPS) is 22.7. The largest absolute Gasteiger partial charge is 0.485 e. The van der Waals surface area contributed by atoms with E-state index in [-0.39, 0.29) is 19.0 Å². The molecular formula is C10H11ClO4. The molecule has 0 fully saturated rings. The minimum atomic E-state index is -1.28. The molecule has 0 radical (unpaired) electrons. The molecule has 1 N–H and O–H groups in total. The number of ether oxygens (including phenoxy) is 2. The Morgan fingerprint density at radius 3 is 2.60 bits per heavy atom. The summed E-state index contributed by atoms with van der Waals surface area (Å²) in [6.07, 6.45) is 0. The molecule has 0 amide bonds. The van der Waals surface area contributed by atoms with Crippen LogP contribution >= 0.6 is 12.4 Å². The van der Waals surface area contributed by atoms with Crippen LogP contribution in [-0.2, 0) is 4.79 Å². The Balaban J connectivity index is 0.00000112. The Kier molecular flexibility index (Phi) is 3.09. The first-order valence-corrected chi connectivity index (χ1v) is 4.26. The Morgan fingerprint density at radius 1 is 1.40 bits per heavy atom. The maximum atomic E-state index is 10.9. The molecule has 1 aliphatic rings. The van der Waals surface area contributed by atoms with Crippen molar-refractivity contribution in [1.82, 2.24) is 0 Å². The topological polar surface area (TPSA) is 55.8 Å². The van der Waals surface area contributed by atoms with Gasteiger partial charge in [-0.15, -0.1) is 12.4 Å². The van der Waals surface area contributed by atoms with Crippen LogP contribution in [0.4, 0.5) is 0 Å². The molecule has 0 aromatic heterocycles. The molecule has 0 aliphatic carbocycles. The van der Waals surface area contributed by atoms with Gasteiger partial charge in [-0.2, -0.15) is 0 Å². The Morgan fingerprint density at radius 2 is 2.00 bits per heavy atom. The lowest BCUT2D eigenvalue weighted by Gasteiger charge is -2.31. The first-order chi connectivity index (χ1) is 6.62. The van der Waals surface area contributed by atoms with Gasteiger partial charge in [0.05, 0.1) is 0 Å². The van der Waals surface area contributed by atoms with E-state index in [4.69, 9.17) is 14.6 Å². The Hall–Kier alpha value is -1.42. The maximum absolute atomic E-state index is 10.9. The maximum Gasteiger partial charge on any atom is 0.351 e. The van der Waals surface area contributed by atoms with E-state index >= 15 is 0 Å². The number of carboxylic acids is 1. The number of halogens is 1. The van der Waals surface area contributed by atoms with Crippen molar-refractivity contribution in [3.8, 4) is 11.5 Å². The van der Waals surface area contributed by atoms with Crippen molar-refractivity contribution in [3.63, 3.8) is 0 Å². The number of benzene rings is 1. The number of carboxylic acid groups (broad SMARTS) is 1. The highest BCUT2D eigenvalue weighted by Crippen LogP contribution is 2.34. The summed E-state index contributed by atoms with van der Waals surface area (Å²) in [5.74, 6) is 0.0434. The molecule has 1 aromatic carbocycles. The minimum absolute atomic E-state index is 0. The van der Waals surface area contributed by atoms with E-state index in [1.54, 1.807) is 18.2 Å². The summed E-state index contributed by atoms with van der Waals surface area (Å²) in [5, 5.41) is 8.92. The molecule has 0 saturated carbocycles. The van der Waals surface area contributed by atoms with Crippen molar-refractivity contribution in [2.75, 3.05) is 6.61 Å². The van der Waals surface area contributed by atoms with Gasteiger partial charge in [0.25, 0.3) is 0 Å². The summed E-state index contributed by atoms with van der Waals surface area (Å²) in [5.41, 5.74) is -1.28. The highest BCUT2D eigenvalue weighted by molar-refractivity contribution is 5.85. The van der Waals surface area contributed by atoms with Crippen molar-refractivity contribution in [1.29, 1.82) is 0 Å². The van der Waals surface area contributed by atoms with Crippen molar-refractivity contribution >= 4 is 18.4 Å². The van der Waals surface area contributed by atoms with Crippen molar-refractivity contribution in [3.05, 3.63) is 24.3 Å². The van der Waals surface area contributed by atoms with Crippen LogP contribution in [0.2, 0.25) is 0 Å². The second kappa shape index (κ2) is 3.98. The smallest absolute Gasteiger partial charge is 0.351 e. The van der Waals surface area contributed by atoms with E-state index in [2.05, 4.69) is 0 Å². The predicted molar refractivity (Wildman–Crippen MR) is 55.9 cm³/mol. The average molecular weight is 231 g/mol. The fourth-order valence-corrected chi connectivity index (χ4v) is 1.25. The fourth-order valence-electron chi connectivity index (χ4n) is 1.25. The van der Waals surface area contributed by atoms with Gasteiger partial charge in [-0.05, 0) is 19.1 Å². The minimum Gasteiger partial charge on any atom is -0.485 e. The van der Waals surface area contributed by atoms with Gasteiger partial charge in [-0.3, -0.25) is 0 Å². The van der Waals surface area contributed by atoms with Crippen LogP contribution in [-0.4, -0.2) is 23.3 Å². The molecule has 15 heavy (non-hydrogen) atoms. The Bertz CT molecular complexity index is 379. The van der Waals surface area contributed by atoms with Crippen LogP contribution in [0.5, 0.6) is 11.5 Å². The molecule has 4 nitrogen and oxygen atoms in total. The van der Waals surface area contributed by atoms with Crippen LogP contribution in [0, 0.1) is 0 Å². The predicted octanol–water partition coefficient (Wildman–Crippen LogP) is 1.72. The van der Waals surface area contributed by atoms with E-state index in [0.717, 1.165) is 0 Å². The summed E-state index contributed by atoms with van der Waals surface area (Å²) >= 11 is 0. The zero-order valence-corrected chi connectivity index (χ0v) is 8.91. The molecule has 1 aliphatic heterocycles. The van der Waals surface area contributed by atoms with Crippen LogP contribution in [0.15, 0.2) is 24.3 Å². The lowest BCUT2D eigenvalue weighted by Crippen LogP contribution is -2.49. The fraction of sp³-hybridized carbons (Fsp3) is 0.300. The number of hydrogen-bond donors (Lipinski definition) is 1. The van der Waals surface area contributed by atoms with Gasteiger partial charge in [0.2, 0.25) is 5.60 Å². The summed E-state index contributed by atoms with van der Waals surface area (Å²) in [6, 6.07) is 7.02. The molecule has 0 bridgehead atoms. The van der Waals surface area contributed by atoms with Gasteiger partial charge in [0.15, 0.2) is 11.5 Å². The monoisotopic (exact) mass is 230 g/mol. The molecule has 82 valence electrons. The lowest BCUT2D eigenvalue weighted by molar-refractivity contribution is -0.158. The number of hydrogen-bond acceptors (Lipinski definition) is 3. The first-order valence-electron chi connectivity index (χ1n) is 4.26. The number of carbonyl (C=O) groups is 1.